The van der Waals surface area contributed by atoms with Crippen LogP contribution in [0.15, 0.2) is 18.6 Å². The topological polar surface area (TPSA) is 54.9 Å². The van der Waals surface area contributed by atoms with Crippen LogP contribution in [0.4, 0.5) is 10.2 Å². The molecule has 1 heterocycles. The van der Waals surface area contributed by atoms with E-state index in [1.807, 2.05) is 0 Å². The third kappa shape index (κ3) is 2.74. The van der Waals surface area contributed by atoms with Gasteiger partial charge in [-0.15, -0.1) is 0 Å². The molecular weight excluding hydrogens is 209 g/mol. The largest absolute Gasteiger partial charge is 0.310 e. The van der Waals surface area contributed by atoms with Crippen LogP contribution < -0.4 is 5.32 Å². The monoisotopic (exact) mass is 223 g/mol. The van der Waals surface area contributed by atoms with Gasteiger partial charge in [0.1, 0.15) is 18.3 Å². The summed E-state index contributed by atoms with van der Waals surface area (Å²) in [6.07, 6.45) is 4.44. The summed E-state index contributed by atoms with van der Waals surface area (Å²) in [4.78, 5) is 19.5. The minimum Gasteiger partial charge on any atom is -0.310 e. The summed E-state index contributed by atoms with van der Waals surface area (Å²) in [5.74, 6) is 0.356. The van der Waals surface area contributed by atoms with E-state index in [4.69, 9.17) is 0 Å². The Morgan fingerprint density at radius 3 is 2.75 bits per heavy atom. The van der Waals surface area contributed by atoms with Gasteiger partial charge in [0.15, 0.2) is 0 Å². The van der Waals surface area contributed by atoms with Gasteiger partial charge in [0, 0.05) is 12.1 Å². The molecule has 0 spiro atoms. The Morgan fingerprint density at radius 1 is 1.38 bits per heavy atom. The van der Waals surface area contributed by atoms with E-state index in [0.717, 1.165) is 0 Å². The first-order valence-corrected chi connectivity index (χ1v) is 5.46. The predicted molar refractivity (Wildman–Crippen MR) is 57.5 cm³/mol. The van der Waals surface area contributed by atoms with Crippen LogP contribution in [0.25, 0.3) is 0 Å². The average molecular weight is 223 g/mol. The average Bonchev–Trinajstić information content (AvgIpc) is 2.31. The minimum absolute atomic E-state index is 0.0643. The fraction of sp³-hybridized carbons (Fsp3) is 0.545. The first-order chi connectivity index (χ1) is 7.75. The number of amides is 1. The molecule has 0 radical (unpaired) electrons. The number of carbonyl (C=O) groups is 1. The first-order valence-electron chi connectivity index (χ1n) is 5.46. The first kappa shape index (κ1) is 11.0. The van der Waals surface area contributed by atoms with E-state index in [9.17, 15) is 9.18 Å². The molecule has 1 aromatic heterocycles. The SMILES string of the molecule is O=C(Nc1ccncn1)[C@H]1CC[C@H](F)CC1. The molecule has 1 amide bonds. The van der Waals surface area contributed by atoms with Crippen LogP contribution in [0.1, 0.15) is 25.7 Å². The Balaban J connectivity index is 1.89. The molecule has 2 rings (SSSR count). The molecule has 1 fully saturated rings. The van der Waals surface area contributed by atoms with Gasteiger partial charge >= 0.3 is 0 Å². The molecule has 86 valence electrons. The summed E-state index contributed by atoms with van der Waals surface area (Å²) < 4.78 is 12.9. The Kier molecular flexibility index (Phi) is 3.44. The van der Waals surface area contributed by atoms with Crippen LogP contribution in [-0.2, 0) is 4.79 Å². The van der Waals surface area contributed by atoms with Gasteiger partial charge < -0.3 is 5.32 Å². The van der Waals surface area contributed by atoms with Crippen LogP contribution in [0.5, 0.6) is 0 Å². The molecule has 1 aliphatic rings. The van der Waals surface area contributed by atoms with E-state index in [1.54, 1.807) is 12.3 Å². The van der Waals surface area contributed by atoms with Crippen molar-refractivity contribution in [3.63, 3.8) is 0 Å². The van der Waals surface area contributed by atoms with Gasteiger partial charge in [0.2, 0.25) is 5.91 Å². The van der Waals surface area contributed by atoms with Crippen molar-refractivity contribution < 1.29 is 9.18 Å². The van der Waals surface area contributed by atoms with Crippen molar-refractivity contribution in [2.75, 3.05) is 5.32 Å². The lowest BCUT2D eigenvalue weighted by atomic mass is 9.87. The highest BCUT2D eigenvalue weighted by Gasteiger charge is 2.26. The minimum atomic E-state index is -0.733. The second-order valence-corrected chi connectivity index (χ2v) is 4.03. The van der Waals surface area contributed by atoms with Gasteiger partial charge in [-0.25, -0.2) is 14.4 Å². The van der Waals surface area contributed by atoms with Crippen LogP contribution in [-0.4, -0.2) is 22.0 Å². The molecule has 1 aliphatic carbocycles. The molecule has 1 saturated carbocycles. The number of anilines is 1. The van der Waals surface area contributed by atoms with Crippen molar-refractivity contribution in [1.29, 1.82) is 0 Å². The van der Waals surface area contributed by atoms with E-state index >= 15 is 0 Å². The van der Waals surface area contributed by atoms with Crippen molar-refractivity contribution in [3.8, 4) is 0 Å². The summed E-state index contributed by atoms with van der Waals surface area (Å²) in [7, 11) is 0. The standard InChI is InChI=1S/C11H14FN3O/c12-9-3-1-8(2-4-9)11(16)15-10-5-6-13-7-14-10/h5-9H,1-4H2,(H,13,14,15,16)/t8-,9-. The third-order valence-corrected chi connectivity index (χ3v) is 2.86. The smallest absolute Gasteiger partial charge is 0.228 e. The third-order valence-electron chi connectivity index (χ3n) is 2.86. The second-order valence-electron chi connectivity index (χ2n) is 4.03. The number of carbonyl (C=O) groups excluding carboxylic acids is 1. The lowest BCUT2D eigenvalue weighted by Gasteiger charge is -2.22. The van der Waals surface area contributed by atoms with Gasteiger partial charge in [-0.1, -0.05) is 0 Å². The van der Waals surface area contributed by atoms with E-state index in [1.165, 1.54) is 6.33 Å². The highest BCUT2D eigenvalue weighted by atomic mass is 19.1. The molecule has 0 bridgehead atoms. The highest BCUT2D eigenvalue weighted by molar-refractivity contribution is 5.91. The Bertz CT molecular complexity index is 350. The Morgan fingerprint density at radius 2 is 2.12 bits per heavy atom. The molecule has 16 heavy (non-hydrogen) atoms. The Labute approximate surface area is 93.3 Å². The van der Waals surface area contributed by atoms with Crippen molar-refractivity contribution in [2.45, 2.75) is 31.9 Å². The molecule has 0 saturated heterocycles. The van der Waals surface area contributed by atoms with Gasteiger partial charge in [-0.3, -0.25) is 4.79 Å². The molecule has 1 aromatic rings. The molecule has 0 atom stereocenters. The number of rotatable bonds is 2. The number of hydrogen-bond donors (Lipinski definition) is 1. The Hall–Kier alpha value is -1.52. The maximum Gasteiger partial charge on any atom is 0.228 e. The van der Waals surface area contributed by atoms with Crippen molar-refractivity contribution in [3.05, 3.63) is 18.6 Å². The fourth-order valence-corrected chi connectivity index (χ4v) is 1.91. The van der Waals surface area contributed by atoms with Crippen LogP contribution in [0.2, 0.25) is 0 Å². The second kappa shape index (κ2) is 5.01. The normalized spacial score (nSPS) is 25.1. The van der Waals surface area contributed by atoms with Gasteiger partial charge in [-0.2, -0.15) is 0 Å². The number of aromatic nitrogens is 2. The molecule has 1 N–H and O–H groups in total. The lowest BCUT2D eigenvalue weighted by Crippen LogP contribution is -2.27. The highest BCUT2D eigenvalue weighted by Crippen LogP contribution is 2.26. The van der Waals surface area contributed by atoms with Crippen LogP contribution in [0, 0.1) is 5.92 Å². The quantitative estimate of drug-likeness (QED) is 0.833. The van der Waals surface area contributed by atoms with Crippen molar-refractivity contribution in [2.24, 2.45) is 5.92 Å². The predicted octanol–water partition coefficient (Wildman–Crippen LogP) is 1.94. The zero-order valence-corrected chi connectivity index (χ0v) is 8.90. The maximum absolute atomic E-state index is 12.9. The van der Waals surface area contributed by atoms with Gasteiger partial charge in [-0.05, 0) is 31.7 Å². The van der Waals surface area contributed by atoms with E-state index in [2.05, 4.69) is 15.3 Å². The lowest BCUT2D eigenvalue weighted by molar-refractivity contribution is -0.121. The maximum atomic E-state index is 12.9. The summed E-state index contributed by atoms with van der Waals surface area (Å²) in [5, 5.41) is 2.71. The zero-order valence-electron chi connectivity index (χ0n) is 8.90. The molecule has 0 aliphatic heterocycles. The summed E-state index contributed by atoms with van der Waals surface area (Å²) >= 11 is 0. The summed E-state index contributed by atoms with van der Waals surface area (Å²) in [5.41, 5.74) is 0. The van der Waals surface area contributed by atoms with Crippen LogP contribution in [0.3, 0.4) is 0 Å². The number of halogens is 1. The molecule has 0 unspecified atom stereocenters. The molecule has 0 aromatic carbocycles. The van der Waals surface area contributed by atoms with E-state index < -0.39 is 6.17 Å². The summed E-state index contributed by atoms with van der Waals surface area (Å²) in [6.45, 7) is 0. The van der Waals surface area contributed by atoms with E-state index in [-0.39, 0.29) is 11.8 Å². The molecular formula is C11H14FN3O. The number of alkyl halides is 1. The van der Waals surface area contributed by atoms with Crippen molar-refractivity contribution in [1.82, 2.24) is 9.97 Å². The van der Waals surface area contributed by atoms with Gasteiger partial charge in [0.05, 0.1) is 0 Å². The molecule has 4 nitrogen and oxygen atoms in total. The number of nitrogens with one attached hydrogen (secondary N) is 1. The number of hydrogen-bond acceptors (Lipinski definition) is 3. The summed E-state index contributed by atoms with van der Waals surface area (Å²) in [6, 6.07) is 1.64. The van der Waals surface area contributed by atoms with E-state index in [0.29, 0.717) is 31.5 Å². The zero-order chi connectivity index (χ0) is 11.4. The van der Waals surface area contributed by atoms with Gasteiger partial charge in [0.25, 0.3) is 0 Å². The van der Waals surface area contributed by atoms with Crippen LogP contribution >= 0.6 is 0 Å². The number of nitrogens with zero attached hydrogens (tertiary/aromatic N) is 2. The van der Waals surface area contributed by atoms with Crippen molar-refractivity contribution >= 4 is 11.7 Å². The fourth-order valence-electron chi connectivity index (χ4n) is 1.91. The molecule has 5 heteroatoms.